The minimum atomic E-state index is -0.802. The summed E-state index contributed by atoms with van der Waals surface area (Å²) in [5.74, 6) is 1.24. The number of methoxy groups -OCH3 is 2. The van der Waals surface area contributed by atoms with Crippen LogP contribution in [0.4, 0.5) is 0 Å². The number of halogens is 1. The van der Waals surface area contributed by atoms with Crippen LogP contribution in [0, 0.1) is 11.3 Å². The third kappa shape index (κ3) is 5.76. The van der Waals surface area contributed by atoms with Crippen molar-refractivity contribution in [2.45, 2.75) is 19.9 Å². The number of rotatable bonds is 10. The van der Waals surface area contributed by atoms with Crippen molar-refractivity contribution < 1.29 is 28.5 Å². The Morgan fingerprint density at radius 2 is 1.88 bits per heavy atom. The second kappa shape index (κ2) is 12.8. The van der Waals surface area contributed by atoms with E-state index in [0.29, 0.717) is 61.1 Å². The van der Waals surface area contributed by atoms with Gasteiger partial charge in [-0.1, -0.05) is 17.4 Å². The van der Waals surface area contributed by atoms with Gasteiger partial charge in [0.25, 0.3) is 5.56 Å². The number of fused-ring (bicyclic) bond motifs is 1. The van der Waals surface area contributed by atoms with Gasteiger partial charge in [0.2, 0.25) is 0 Å². The van der Waals surface area contributed by atoms with Crippen LogP contribution >= 0.6 is 27.3 Å². The molecule has 0 aliphatic carbocycles. The van der Waals surface area contributed by atoms with Crippen LogP contribution in [0.1, 0.15) is 31.0 Å². The lowest BCUT2D eigenvalue weighted by molar-refractivity contribution is -0.136. The highest BCUT2D eigenvalue weighted by atomic mass is 79.9. The zero-order valence-corrected chi connectivity index (χ0v) is 24.6. The molecule has 40 heavy (non-hydrogen) atoms. The number of carbonyl (C=O) groups is 1. The molecule has 4 rings (SSSR count). The number of hydrogen-bond acceptors (Lipinski definition) is 10. The number of esters is 1. The molecule has 3 aromatic rings. The first-order valence-electron chi connectivity index (χ1n) is 12.2. The number of thiazole rings is 1. The summed E-state index contributed by atoms with van der Waals surface area (Å²) >= 11 is 4.64. The van der Waals surface area contributed by atoms with Crippen LogP contribution in [-0.2, 0) is 9.53 Å². The highest BCUT2D eigenvalue weighted by Crippen LogP contribution is 2.37. The number of nitrogens with zero attached hydrogens (tertiary/aromatic N) is 3. The number of aromatic nitrogens is 1. The summed E-state index contributed by atoms with van der Waals surface area (Å²) in [7, 11) is 2.77. The second-order valence-electron chi connectivity index (χ2n) is 8.23. The SMILES string of the molecule is CCOc1ccc([C@H]2C(C(=O)OC)=CN=c3s/c(=C\c4cc(Br)c(OCC#N)c(OC)c4)c(=O)n32)cc1OCC. The van der Waals surface area contributed by atoms with Gasteiger partial charge in [-0.3, -0.25) is 9.36 Å². The first-order valence-corrected chi connectivity index (χ1v) is 13.8. The van der Waals surface area contributed by atoms with Crippen LogP contribution in [0.25, 0.3) is 6.08 Å². The van der Waals surface area contributed by atoms with E-state index in [2.05, 4.69) is 20.9 Å². The Hall–Kier alpha value is -4.08. The molecule has 0 bridgehead atoms. The summed E-state index contributed by atoms with van der Waals surface area (Å²) in [4.78, 5) is 31.4. The van der Waals surface area contributed by atoms with E-state index in [1.807, 2.05) is 19.9 Å². The van der Waals surface area contributed by atoms with Crippen LogP contribution in [0.15, 0.2) is 56.4 Å². The van der Waals surface area contributed by atoms with Crippen LogP contribution in [0.3, 0.4) is 0 Å². The zero-order valence-electron chi connectivity index (χ0n) is 22.2. The van der Waals surface area contributed by atoms with Crippen molar-refractivity contribution in [1.82, 2.24) is 4.57 Å². The van der Waals surface area contributed by atoms with Crippen LogP contribution in [0.2, 0.25) is 0 Å². The van der Waals surface area contributed by atoms with Gasteiger partial charge in [-0.25, -0.2) is 9.79 Å². The topological polar surface area (TPSA) is 121 Å². The minimum Gasteiger partial charge on any atom is -0.493 e. The van der Waals surface area contributed by atoms with Crippen molar-refractivity contribution >= 4 is 39.3 Å². The zero-order chi connectivity index (χ0) is 28.8. The highest BCUT2D eigenvalue weighted by molar-refractivity contribution is 9.10. The molecule has 208 valence electrons. The Kier molecular flexibility index (Phi) is 9.29. The van der Waals surface area contributed by atoms with Crippen molar-refractivity contribution in [3.05, 3.63) is 77.4 Å². The molecule has 2 heterocycles. The van der Waals surface area contributed by atoms with E-state index in [1.54, 1.807) is 36.4 Å². The van der Waals surface area contributed by atoms with Crippen LogP contribution < -0.4 is 33.8 Å². The molecule has 0 spiro atoms. The van der Waals surface area contributed by atoms with E-state index >= 15 is 0 Å². The molecular weight excluding hydrogens is 602 g/mol. The van der Waals surface area contributed by atoms with Crippen LogP contribution in [0.5, 0.6) is 23.0 Å². The Morgan fingerprint density at radius 1 is 1.12 bits per heavy atom. The molecule has 0 saturated heterocycles. The summed E-state index contributed by atoms with van der Waals surface area (Å²) in [5, 5.41) is 8.87. The fourth-order valence-electron chi connectivity index (χ4n) is 4.21. The molecule has 0 radical (unpaired) electrons. The van der Waals surface area contributed by atoms with Gasteiger partial charge in [0, 0.05) is 6.20 Å². The predicted molar refractivity (Wildman–Crippen MR) is 152 cm³/mol. The molecule has 1 aliphatic rings. The van der Waals surface area contributed by atoms with Crippen molar-refractivity contribution in [3.63, 3.8) is 0 Å². The highest BCUT2D eigenvalue weighted by Gasteiger charge is 2.31. The largest absolute Gasteiger partial charge is 0.493 e. The summed E-state index contributed by atoms with van der Waals surface area (Å²) in [6.07, 6.45) is 3.14. The van der Waals surface area contributed by atoms with Gasteiger partial charge in [-0.2, -0.15) is 5.26 Å². The molecule has 10 nitrogen and oxygen atoms in total. The fourth-order valence-corrected chi connectivity index (χ4v) is 5.75. The van der Waals surface area contributed by atoms with Gasteiger partial charge < -0.3 is 23.7 Å². The summed E-state index contributed by atoms with van der Waals surface area (Å²) in [6, 6.07) is 9.89. The van der Waals surface area contributed by atoms with Crippen LogP contribution in [-0.4, -0.2) is 44.6 Å². The molecule has 0 amide bonds. The van der Waals surface area contributed by atoms with Crippen molar-refractivity contribution in [3.8, 4) is 29.1 Å². The van der Waals surface area contributed by atoms with E-state index in [4.69, 9.17) is 28.9 Å². The lowest BCUT2D eigenvalue weighted by atomic mass is 9.97. The lowest BCUT2D eigenvalue weighted by Crippen LogP contribution is -2.39. The van der Waals surface area contributed by atoms with Gasteiger partial charge in [-0.15, -0.1) is 0 Å². The van der Waals surface area contributed by atoms with E-state index in [0.717, 1.165) is 0 Å². The summed E-state index contributed by atoms with van der Waals surface area (Å²) in [5.41, 5.74) is 1.16. The van der Waals surface area contributed by atoms with Gasteiger partial charge in [0.15, 0.2) is 34.4 Å². The molecule has 1 aliphatic heterocycles. The third-order valence-corrected chi connectivity index (χ3v) is 7.42. The maximum absolute atomic E-state index is 13.8. The molecule has 0 saturated carbocycles. The summed E-state index contributed by atoms with van der Waals surface area (Å²) < 4.78 is 29.8. The molecule has 1 atom stereocenters. The summed E-state index contributed by atoms with van der Waals surface area (Å²) in [6.45, 7) is 4.45. The minimum absolute atomic E-state index is 0.147. The Balaban J connectivity index is 1.88. The van der Waals surface area contributed by atoms with Gasteiger partial charge >= 0.3 is 5.97 Å². The molecular formula is C28H26BrN3O7S. The van der Waals surface area contributed by atoms with Crippen molar-refractivity contribution in [2.24, 2.45) is 4.99 Å². The van der Waals surface area contributed by atoms with Crippen molar-refractivity contribution in [1.29, 1.82) is 5.26 Å². The van der Waals surface area contributed by atoms with Gasteiger partial charge in [-0.05, 0) is 71.2 Å². The maximum Gasteiger partial charge on any atom is 0.337 e. The van der Waals surface area contributed by atoms with E-state index < -0.39 is 12.0 Å². The van der Waals surface area contributed by atoms with Gasteiger partial charge in [0.05, 0.1) is 48.1 Å². The molecule has 0 N–H and O–H groups in total. The Labute approximate surface area is 242 Å². The smallest absolute Gasteiger partial charge is 0.337 e. The molecule has 12 heteroatoms. The first-order chi connectivity index (χ1) is 19.4. The van der Waals surface area contributed by atoms with E-state index in [9.17, 15) is 9.59 Å². The number of benzene rings is 2. The maximum atomic E-state index is 13.8. The molecule has 0 unspecified atom stereocenters. The fraction of sp³-hybridized carbons (Fsp3) is 0.286. The molecule has 0 fully saturated rings. The van der Waals surface area contributed by atoms with E-state index in [-0.39, 0.29) is 17.7 Å². The third-order valence-electron chi connectivity index (χ3n) is 5.84. The number of nitriles is 1. The monoisotopic (exact) mass is 627 g/mol. The average molecular weight is 629 g/mol. The first kappa shape index (κ1) is 28.9. The Morgan fingerprint density at radius 3 is 2.55 bits per heavy atom. The quantitative estimate of drug-likeness (QED) is 0.313. The average Bonchev–Trinajstić information content (AvgIpc) is 3.27. The number of carbonyl (C=O) groups excluding carboxylic acids is 1. The lowest BCUT2D eigenvalue weighted by Gasteiger charge is -2.23. The van der Waals surface area contributed by atoms with Gasteiger partial charge in [0.1, 0.15) is 6.07 Å². The van der Waals surface area contributed by atoms with Crippen molar-refractivity contribution in [2.75, 3.05) is 34.0 Å². The van der Waals surface area contributed by atoms with E-state index in [1.165, 1.54) is 36.3 Å². The standard InChI is InChI=1S/C28H26BrN3O7S/c1-5-37-20-8-7-17(14-21(20)38-6-2)24-18(27(34)36-4)15-31-28-32(24)26(33)23(40-28)13-16-11-19(29)25(39-10-9-30)22(12-16)35-3/h7-8,11-15,24H,5-6,10H2,1-4H3/b23-13-/t24-/m0/s1. The molecule has 2 aromatic carbocycles. The second-order valence-corrected chi connectivity index (χ2v) is 10.1. The molecule has 1 aromatic heterocycles. The normalized spacial score (nSPS) is 14.3. The Bertz CT molecular complexity index is 1690. The number of ether oxygens (including phenoxy) is 5. The predicted octanol–water partition coefficient (Wildman–Crippen LogP) is 3.49. The number of hydrogen-bond donors (Lipinski definition) is 0.